The Balaban J connectivity index is 2.23. The van der Waals surface area contributed by atoms with Crippen molar-refractivity contribution < 1.29 is 8.42 Å². The van der Waals surface area contributed by atoms with E-state index in [0.29, 0.717) is 17.2 Å². The molecule has 2 rings (SSSR count). The lowest BCUT2D eigenvalue weighted by Gasteiger charge is -2.26. The first-order chi connectivity index (χ1) is 8.91. The molecule has 2 N–H and O–H groups in total. The molecule has 4 heteroatoms. The molecule has 19 heavy (non-hydrogen) atoms. The molecule has 1 aromatic carbocycles. The first kappa shape index (κ1) is 14.5. The molecule has 0 heterocycles. The third-order valence-electron chi connectivity index (χ3n) is 3.98. The van der Waals surface area contributed by atoms with Crippen LogP contribution in [0.25, 0.3) is 0 Å². The molecule has 1 aliphatic carbocycles. The van der Waals surface area contributed by atoms with E-state index in [0.717, 1.165) is 19.3 Å². The molecule has 0 amide bonds. The lowest BCUT2D eigenvalue weighted by atomic mass is 9.96. The summed E-state index contributed by atoms with van der Waals surface area (Å²) in [4.78, 5) is 0.441. The van der Waals surface area contributed by atoms with Gasteiger partial charge in [-0.15, -0.1) is 0 Å². The number of hydrogen-bond acceptors (Lipinski definition) is 3. The lowest BCUT2D eigenvalue weighted by Crippen LogP contribution is -2.35. The van der Waals surface area contributed by atoms with Crippen LogP contribution >= 0.6 is 0 Å². The van der Waals surface area contributed by atoms with Gasteiger partial charge in [0.25, 0.3) is 0 Å². The molecule has 1 fully saturated rings. The Bertz CT molecular complexity index is 520. The maximum absolute atomic E-state index is 12.6. The molecule has 0 aliphatic heterocycles. The Hall–Kier alpha value is -0.870. The fraction of sp³-hybridized carbons (Fsp3) is 0.600. The Morgan fingerprint density at radius 2 is 1.79 bits per heavy atom. The van der Waals surface area contributed by atoms with Crippen LogP contribution in [-0.4, -0.2) is 19.7 Å². The van der Waals surface area contributed by atoms with E-state index in [1.54, 1.807) is 12.1 Å². The topological polar surface area (TPSA) is 60.2 Å². The van der Waals surface area contributed by atoms with Crippen molar-refractivity contribution in [2.24, 2.45) is 5.73 Å². The number of nitrogens with two attached hydrogens (primary N) is 1. The third-order valence-corrected chi connectivity index (χ3v) is 6.22. The second kappa shape index (κ2) is 5.63. The van der Waals surface area contributed by atoms with Gasteiger partial charge in [-0.3, -0.25) is 0 Å². The standard InChI is InChI=1S/C15H23NO2S/c1-11(2)12-6-8-14(9-7-12)19(17,18)15-5-3-4-13(16)10-15/h6-9,11,13,15H,3-5,10,16H2,1-2H3. The van der Waals surface area contributed by atoms with Crippen LogP contribution in [0.15, 0.2) is 29.2 Å². The summed E-state index contributed by atoms with van der Waals surface area (Å²) in [6.45, 7) is 4.20. The monoisotopic (exact) mass is 281 g/mol. The quantitative estimate of drug-likeness (QED) is 0.926. The second-order valence-corrected chi connectivity index (χ2v) is 8.05. The average Bonchev–Trinajstić information content (AvgIpc) is 2.39. The fourth-order valence-electron chi connectivity index (χ4n) is 2.70. The van der Waals surface area contributed by atoms with Gasteiger partial charge in [-0.25, -0.2) is 8.42 Å². The highest BCUT2D eigenvalue weighted by atomic mass is 32.2. The summed E-state index contributed by atoms with van der Waals surface area (Å²) in [5, 5.41) is -0.304. The van der Waals surface area contributed by atoms with Crippen molar-refractivity contribution in [1.82, 2.24) is 0 Å². The van der Waals surface area contributed by atoms with Crippen molar-refractivity contribution in [3.05, 3.63) is 29.8 Å². The number of hydrogen-bond donors (Lipinski definition) is 1. The van der Waals surface area contributed by atoms with E-state index in [4.69, 9.17) is 5.73 Å². The van der Waals surface area contributed by atoms with Gasteiger partial charge in [0, 0.05) is 6.04 Å². The number of benzene rings is 1. The summed E-state index contributed by atoms with van der Waals surface area (Å²) >= 11 is 0. The first-order valence-corrected chi connectivity index (χ1v) is 8.55. The smallest absolute Gasteiger partial charge is 0.181 e. The van der Waals surface area contributed by atoms with E-state index in [-0.39, 0.29) is 11.3 Å². The fourth-order valence-corrected chi connectivity index (χ4v) is 4.58. The molecule has 1 aromatic rings. The third kappa shape index (κ3) is 3.18. The normalized spacial score (nSPS) is 24.6. The summed E-state index contributed by atoms with van der Waals surface area (Å²) in [5.74, 6) is 0.417. The van der Waals surface area contributed by atoms with Crippen LogP contribution in [0, 0.1) is 0 Å². The largest absolute Gasteiger partial charge is 0.328 e. The van der Waals surface area contributed by atoms with Crippen molar-refractivity contribution in [2.45, 2.75) is 61.6 Å². The molecule has 1 aliphatic rings. The summed E-state index contributed by atoms with van der Waals surface area (Å²) in [7, 11) is -3.22. The Morgan fingerprint density at radius 3 is 2.32 bits per heavy atom. The molecule has 106 valence electrons. The minimum atomic E-state index is -3.22. The molecule has 0 radical (unpaired) electrons. The van der Waals surface area contributed by atoms with Crippen molar-refractivity contribution in [1.29, 1.82) is 0 Å². The van der Waals surface area contributed by atoms with Crippen molar-refractivity contribution in [3.8, 4) is 0 Å². The molecular formula is C15H23NO2S. The average molecular weight is 281 g/mol. The van der Waals surface area contributed by atoms with Crippen LogP contribution in [0.4, 0.5) is 0 Å². The van der Waals surface area contributed by atoms with Crippen molar-refractivity contribution in [2.75, 3.05) is 0 Å². The Kier molecular flexibility index (Phi) is 4.31. The van der Waals surface area contributed by atoms with Crippen LogP contribution in [0.2, 0.25) is 0 Å². The van der Waals surface area contributed by atoms with Gasteiger partial charge in [0.05, 0.1) is 10.1 Å². The molecular weight excluding hydrogens is 258 g/mol. The summed E-state index contributed by atoms with van der Waals surface area (Å²) in [5.41, 5.74) is 7.07. The van der Waals surface area contributed by atoms with Crippen molar-refractivity contribution in [3.63, 3.8) is 0 Å². The van der Waals surface area contributed by atoms with E-state index >= 15 is 0 Å². The number of rotatable bonds is 3. The summed E-state index contributed by atoms with van der Waals surface area (Å²) in [6.07, 6.45) is 3.18. The van der Waals surface area contributed by atoms with E-state index in [2.05, 4.69) is 13.8 Å². The zero-order valence-corrected chi connectivity index (χ0v) is 12.5. The van der Waals surface area contributed by atoms with Gasteiger partial charge in [-0.05, 0) is 42.9 Å². The maximum Gasteiger partial charge on any atom is 0.181 e. The van der Waals surface area contributed by atoms with Gasteiger partial charge in [0.1, 0.15) is 0 Å². The Morgan fingerprint density at radius 1 is 1.16 bits per heavy atom. The van der Waals surface area contributed by atoms with E-state index in [9.17, 15) is 8.42 Å². The van der Waals surface area contributed by atoms with Gasteiger partial charge < -0.3 is 5.73 Å². The Labute approximate surface area is 116 Å². The van der Waals surface area contributed by atoms with Crippen LogP contribution in [-0.2, 0) is 9.84 Å². The predicted molar refractivity (Wildman–Crippen MR) is 77.9 cm³/mol. The SMILES string of the molecule is CC(C)c1ccc(S(=O)(=O)C2CCCC(N)C2)cc1. The van der Waals surface area contributed by atoms with Gasteiger partial charge in [-0.2, -0.15) is 0 Å². The molecule has 1 saturated carbocycles. The maximum atomic E-state index is 12.6. The lowest BCUT2D eigenvalue weighted by molar-refractivity contribution is 0.433. The zero-order chi connectivity index (χ0) is 14.0. The first-order valence-electron chi connectivity index (χ1n) is 7.00. The predicted octanol–water partition coefficient (Wildman–Crippen LogP) is 2.85. The molecule has 0 aromatic heterocycles. The number of sulfone groups is 1. The highest BCUT2D eigenvalue weighted by molar-refractivity contribution is 7.92. The zero-order valence-electron chi connectivity index (χ0n) is 11.7. The molecule has 2 unspecified atom stereocenters. The molecule has 2 atom stereocenters. The van der Waals surface area contributed by atoms with E-state index in [1.165, 1.54) is 5.56 Å². The van der Waals surface area contributed by atoms with Gasteiger partial charge in [-0.1, -0.05) is 32.4 Å². The van der Waals surface area contributed by atoms with Crippen LogP contribution in [0.3, 0.4) is 0 Å². The minimum Gasteiger partial charge on any atom is -0.328 e. The van der Waals surface area contributed by atoms with Crippen LogP contribution in [0.5, 0.6) is 0 Å². The van der Waals surface area contributed by atoms with Gasteiger partial charge >= 0.3 is 0 Å². The van der Waals surface area contributed by atoms with Gasteiger partial charge in [0.2, 0.25) is 0 Å². The highest BCUT2D eigenvalue weighted by Gasteiger charge is 2.31. The van der Waals surface area contributed by atoms with E-state index in [1.807, 2.05) is 12.1 Å². The van der Waals surface area contributed by atoms with E-state index < -0.39 is 9.84 Å². The summed E-state index contributed by atoms with van der Waals surface area (Å²) in [6, 6.07) is 7.35. The molecule has 0 bridgehead atoms. The van der Waals surface area contributed by atoms with Crippen LogP contribution in [0.1, 0.15) is 51.0 Å². The van der Waals surface area contributed by atoms with Crippen molar-refractivity contribution >= 4 is 9.84 Å². The van der Waals surface area contributed by atoms with Crippen LogP contribution < -0.4 is 5.73 Å². The summed E-state index contributed by atoms with van der Waals surface area (Å²) < 4.78 is 25.1. The second-order valence-electron chi connectivity index (χ2n) is 5.82. The molecule has 0 spiro atoms. The molecule has 3 nitrogen and oxygen atoms in total. The highest BCUT2D eigenvalue weighted by Crippen LogP contribution is 2.28. The molecule has 0 saturated heterocycles. The van der Waals surface area contributed by atoms with Gasteiger partial charge in [0.15, 0.2) is 9.84 Å². The minimum absolute atomic E-state index is 0.0310.